The lowest BCUT2D eigenvalue weighted by Crippen LogP contribution is -1.98. The number of fused-ring (bicyclic) bond motifs is 1. The van der Waals surface area contributed by atoms with Gasteiger partial charge in [-0.1, -0.05) is 19.1 Å². The van der Waals surface area contributed by atoms with Crippen LogP contribution in [0.2, 0.25) is 0 Å². The first-order valence-electron chi connectivity index (χ1n) is 4.93. The topological polar surface area (TPSA) is 56.5 Å². The number of rotatable bonds is 3. The van der Waals surface area contributed by atoms with Crippen LogP contribution in [-0.4, -0.2) is 30.2 Å². The monoisotopic (exact) mass is 223 g/mol. The van der Waals surface area contributed by atoms with Gasteiger partial charge in [-0.25, -0.2) is 14.6 Å². The molecule has 6 heteroatoms. The minimum absolute atomic E-state index is 0.481. The predicted molar refractivity (Wildman–Crippen MR) is 59.8 cm³/mol. The van der Waals surface area contributed by atoms with Crippen LogP contribution in [0.4, 0.5) is 0 Å². The van der Waals surface area contributed by atoms with Crippen molar-refractivity contribution in [2.24, 2.45) is 0 Å². The Balaban J connectivity index is 2.52. The van der Waals surface area contributed by atoms with Crippen molar-refractivity contribution in [1.29, 1.82) is 0 Å². The summed E-state index contributed by atoms with van der Waals surface area (Å²) in [7, 11) is 0. The average Bonchev–Trinajstić information content (AvgIpc) is 2.61. The lowest BCUT2D eigenvalue weighted by molar-refractivity contribution is 0.641. The molecule has 2 aromatic rings. The molecule has 0 spiro atoms. The Morgan fingerprint density at radius 1 is 1.40 bits per heavy atom. The van der Waals surface area contributed by atoms with Crippen LogP contribution in [0.5, 0.6) is 0 Å². The molecule has 0 aliphatic heterocycles. The zero-order chi connectivity index (χ0) is 10.8. The highest BCUT2D eigenvalue weighted by Crippen LogP contribution is 2.25. The van der Waals surface area contributed by atoms with Crippen LogP contribution in [0.1, 0.15) is 20.8 Å². The molecule has 15 heavy (non-hydrogen) atoms. The summed E-state index contributed by atoms with van der Waals surface area (Å²) in [6, 6.07) is 0. The number of hydrogen-bond acceptors (Lipinski definition) is 5. The van der Waals surface area contributed by atoms with E-state index < -0.39 is 0 Å². The standard InChI is InChI=1S/C9H13N5S/c1-4-14-8-7(12-13-14)9(11-5-10-8)15-6(2)3/h5-6H,4H2,1-3H3. The molecule has 0 fully saturated rings. The van der Waals surface area contributed by atoms with E-state index >= 15 is 0 Å². The first-order chi connectivity index (χ1) is 7.22. The van der Waals surface area contributed by atoms with E-state index in [4.69, 9.17) is 0 Å². The predicted octanol–water partition coefficient (Wildman–Crippen LogP) is 1.74. The molecule has 5 nitrogen and oxygen atoms in total. The third kappa shape index (κ3) is 1.94. The van der Waals surface area contributed by atoms with Crippen molar-refractivity contribution < 1.29 is 0 Å². The zero-order valence-corrected chi connectivity index (χ0v) is 9.82. The Morgan fingerprint density at radius 2 is 2.20 bits per heavy atom. The number of aryl methyl sites for hydroxylation is 1. The van der Waals surface area contributed by atoms with Crippen LogP contribution in [0, 0.1) is 0 Å². The third-order valence-electron chi connectivity index (χ3n) is 1.91. The van der Waals surface area contributed by atoms with Crippen molar-refractivity contribution >= 4 is 22.9 Å². The molecule has 0 saturated carbocycles. The SMILES string of the molecule is CCn1nnc2c(SC(C)C)ncnc21. The molecule has 0 aliphatic rings. The maximum absolute atomic E-state index is 4.23. The molecule has 0 N–H and O–H groups in total. The molecular formula is C9H13N5S. The molecule has 2 rings (SSSR count). The van der Waals surface area contributed by atoms with Crippen LogP contribution in [0.3, 0.4) is 0 Å². The summed E-state index contributed by atoms with van der Waals surface area (Å²) < 4.78 is 1.78. The minimum Gasteiger partial charge on any atom is -0.227 e. The second-order valence-electron chi connectivity index (χ2n) is 3.42. The number of nitrogens with zero attached hydrogens (tertiary/aromatic N) is 5. The molecule has 0 radical (unpaired) electrons. The van der Waals surface area contributed by atoms with Gasteiger partial charge < -0.3 is 0 Å². The van der Waals surface area contributed by atoms with Crippen molar-refractivity contribution in [3.8, 4) is 0 Å². The smallest absolute Gasteiger partial charge is 0.182 e. The van der Waals surface area contributed by atoms with Gasteiger partial charge in [-0.15, -0.1) is 16.9 Å². The van der Waals surface area contributed by atoms with Gasteiger partial charge in [0, 0.05) is 11.8 Å². The Hall–Kier alpha value is -1.17. The summed E-state index contributed by atoms with van der Waals surface area (Å²) in [5.41, 5.74) is 1.62. The van der Waals surface area contributed by atoms with Crippen molar-refractivity contribution in [2.45, 2.75) is 37.6 Å². The van der Waals surface area contributed by atoms with Gasteiger partial charge in [0.15, 0.2) is 11.2 Å². The number of hydrogen-bond donors (Lipinski definition) is 0. The molecule has 0 aromatic carbocycles. The van der Waals surface area contributed by atoms with E-state index in [2.05, 4.69) is 34.1 Å². The molecule has 0 saturated heterocycles. The van der Waals surface area contributed by atoms with Gasteiger partial charge in [-0.05, 0) is 6.92 Å². The Labute approximate surface area is 92.3 Å². The third-order valence-corrected chi connectivity index (χ3v) is 2.91. The van der Waals surface area contributed by atoms with Gasteiger partial charge in [-0.3, -0.25) is 0 Å². The lowest BCUT2D eigenvalue weighted by atomic mass is 10.5. The second kappa shape index (κ2) is 4.14. The van der Waals surface area contributed by atoms with Gasteiger partial charge in [0.1, 0.15) is 11.4 Å². The highest BCUT2D eigenvalue weighted by Gasteiger charge is 2.11. The summed E-state index contributed by atoms with van der Waals surface area (Å²) in [5, 5.41) is 9.54. The molecule has 0 bridgehead atoms. The van der Waals surface area contributed by atoms with E-state index in [0.717, 1.165) is 22.7 Å². The van der Waals surface area contributed by atoms with Crippen LogP contribution >= 0.6 is 11.8 Å². The van der Waals surface area contributed by atoms with Crippen LogP contribution in [0.25, 0.3) is 11.2 Å². The Bertz CT molecular complexity index is 464. The highest BCUT2D eigenvalue weighted by molar-refractivity contribution is 8.00. The van der Waals surface area contributed by atoms with Crippen LogP contribution < -0.4 is 0 Å². The second-order valence-corrected chi connectivity index (χ2v) is 4.99. The van der Waals surface area contributed by atoms with E-state index in [1.54, 1.807) is 22.8 Å². The molecule has 80 valence electrons. The highest BCUT2D eigenvalue weighted by atomic mass is 32.2. The fraction of sp³-hybridized carbons (Fsp3) is 0.556. The Morgan fingerprint density at radius 3 is 2.87 bits per heavy atom. The molecule has 0 aliphatic carbocycles. The van der Waals surface area contributed by atoms with Crippen molar-refractivity contribution in [1.82, 2.24) is 25.0 Å². The fourth-order valence-corrected chi connectivity index (χ4v) is 2.09. The maximum atomic E-state index is 4.23. The van der Waals surface area contributed by atoms with Crippen molar-refractivity contribution in [3.63, 3.8) is 0 Å². The number of aromatic nitrogens is 5. The van der Waals surface area contributed by atoms with E-state index in [0.29, 0.717) is 5.25 Å². The fourth-order valence-electron chi connectivity index (χ4n) is 1.29. The van der Waals surface area contributed by atoms with E-state index in [1.807, 2.05) is 6.92 Å². The van der Waals surface area contributed by atoms with Crippen molar-refractivity contribution in [2.75, 3.05) is 0 Å². The van der Waals surface area contributed by atoms with E-state index in [9.17, 15) is 0 Å². The lowest BCUT2D eigenvalue weighted by Gasteiger charge is -2.03. The maximum Gasteiger partial charge on any atom is 0.182 e. The van der Waals surface area contributed by atoms with Gasteiger partial charge >= 0.3 is 0 Å². The normalized spacial score (nSPS) is 11.5. The quantitative estimate of drug-likeness (QED) is 0.586. The van der Waals surface area contributed by atoms with Gasteiger partial charge in [0.25, 0.3) is 0 Å². The Kier molecular flexibility index (Phi) is 2.86. The van der Waals surface area contributed by atoms with Gasteiger partial charge in [-0.2, -0.15) is 0 Å². The van der Waals surface area contributed by atoms with E-state index in [1.165, 1.54) is 0 Å². The molecule has 2 aromatic heterocycles. The minimum atomic E-state index is 0.481. The summed E-state index contributed by atoms with van der Waals surface area (Å²) in [5.74, 6) is 0. The van der Waals surface area contributed by atoms with Crippen molar-refractivity contribution in [3.05, 3.63) is 6.33 Å². The molecule has 0 atom stereocenters. The van der Waals surface area contributed by atoms with E-state index in [-0.39, 0.29) is 0 Å². The number of thioether (sulfide) groups is 1. The molecule has 0 amide bonds. The molecule has 2 heterocycles. The van der Waals surface area contributed by atoms with Crippen LogP contribution in [0.15, 0.2) is 11.4 Å². The molecular weight excluding hydrogens is 210 g/mol. The molecule has 0 unspecified atom stereocenters. The first-order valence-corrected chi connectivity index (χ1v) is 5.81. The average molecular weight is 223 g/mol. The zero-order valence-electron chi connectivity index (χ0n) is 9.01. The summed E-state index contributed by atoms with van der Waals surface area (Å²) >= 11 is 1.68. The summed E-state index contributed by atoms with van der Waals surface area (Å²) in [6.45, 7) is 7.05. The summed E-state index contributed by atoms with van der Waals surface area (Å²) in [6.07, 6.45) is 1.57. The van der Waals surface area contributed by atoms with Gasteiger partial charge in [0.2, 0.25) is 0 Å². The summed E-state index contributed by atoms with van der Waals surface area (Å²) in [4.78, 5) is 8.42. The van der Waals surface area contributed by atoms with Crippen LogP contribution in [-0.2, 0) is 6.54 Å². The first kappa shape index (κ1) is 10.4. The largest absolute Gasteiger partial charge is 0.227 e. The van der Waals surface area contributed by atoms with Gasteiger partial charge in [0.05, 0.1) is 0 Å².